The van der Waals surface area contributed by atoms with Gasteiger partial charge >= 0.3 is 0 Å². The topological polar surface area (TPSA) is 12.0 Å². The first-order chi connectivity index (χ1) is 8.83. The summed E-state index contributed by atoms with van der Waals surface area (Å²) in [7, 11) is 0. The molecule has 2 rings (SSSR count). The van der Waals surface area contributed by atoms with Gasteiger partial charge in [-0.1, -0.05) is 60.3 Å². The molecule has 1 fully saturated rings. The molecule has 1 aromatic rings. The molecule has 100 valence electrons. The van der Waals surface area contributed by atoms with E-state index in [2.05, 4.69) is 52.4 Å². The Morgan fingerprint density at radius 1 is 1.22 bits per heavy atom. The fourth-order valence-corrected chi connectivity index (χ4v) is 3.72. The highest BCUT2D eigenvalue weighted by atomic mass is 79.9. The van der Waals surface area contributed by atoms with E-state index < -0.39 is 0 Å². The molecule has 2 heteroatoms. The second-order valence-corrected chi connectivity index (χ2v) is 6.19. The van der Waals surface area contributed by atoms with Crippen LogP contribution in [0.2, 0.25) is 0 Å². The van der Waals surface area contributed by atoms with E-state index in [4.69, 9.17) is 0 Å². The van der Waals surface area contributed by atoms with Crippen LogP contribution in [0.15, 0.2) is 28.7 Å². The Balaban J connectivity index is 2.15. The summed E-state index contributed by atoms with van der Waals surface area (Å²) in [6.07, 6.45) is 7.06. The minimum atomic E-state index is 0.667. The van der Waals surface area contributed by atoms with E-state index in [1.807, 2.05) is 0 Å². The number of benzene rings is 1. The van der Waals surface area contributed by atoms with Crippen LogP contribution in [-0.4, -0.2) is 13.1 Å². The summed E-state index contributed by atoms with van der Waals surface area (Å²) in [4.78, 5) is 0. The van der Waals surface area contributed by atoms with Crippen LogP contribution < -0.4 is 5.32 Å². The first kappa shape index (κ1) is 14.1. The third-order valence-corrected chi connectivity index (χ3v) is 4.86. The lowest BCUT2D eigenvalue weighted by Crippen LogP contribution is -2.28. The predicted octanol–water partition coefficient (Wildman–Crippen LogP) is 4.72. The van der Waals surface area contributed by atoms with E-state index in [-0.39, 0.29) is 0 Å². The van der Waals surface area contributed by atoms with Gasteiger partial charge < -0.3 is 5.32 Å². The molecule has 1 unspecified atom stereocenters. The van der Waals surface area contributed by atoms with Crippen LogP contribution in [0, 0.1) is 5.92 Å². The Bertz CT molecular complexity index is 358. The normalized spacial score (nSPS) is 18.8. The van der Waals surface area contributed by atoms with Crippen LogP contribution in [0.25, 0.3) is 0 Å². The Labute approximate surface area is 119 Å². The van der Waals surface area contributed by atoms with E-state index >= 15 is 0 Å². The van der Waals surface area contributed by atoms with E-state index in [0.29, 0.717) is 5.92 Å². The average molecular weight is 310 g/mol. The third kappa shape index (κ3) is 3.58. The molecular weight excluding hydrogens is 286 g/mol. The molecule has 0 saturated heterocycles. The number of rotatable bonds is 5. The number of hydrogen-bond acceptors (Lipinski definition) is 1. The number of likely N-dealkylation sites (N-methyl/N-ethyl adjacent to an activating group) is 1. The summed E-state index contributed by atoms with van der Waals surface area (Å²) in [5.74, 6) is 1.53. The molecule has 0 aromatic heterocycles. The van der Waals surface area contributed by atoms with Gasteiger partial charge in [-0.3, -0.25) is 0 Å². The van der Waals surface area contributed by atoms with Gasteiger partial charge in [0.05, 0.1) is 0 Å². The third-order valence-electron chi connectivity index (χ3n) is 4.14. The lowest BCUT2D eigenvalue weighted by Gasteiger charge is -2.31. The Morgan fingerprint density at radius 3 is 2.61 bits per heavy atom. The molecule has 1 atom stereocenters. The van der Waals surface area contributed by atoms with Gasteiger partial charge in [0, 0.05) is 16.9 Å². The molecule has 0 amide bonds. The molecule has 1 aliphatic rings. The highest BCUT2D eigenvalue weighted by molar-refractivity contribution is 9.10. The lowest BCUT2D eigenvalue weighted by molar-refractivity contribution is 0.297. The van der Waals surface area contributed by atoms with Gasteiger partial charge in [-0.2, -0.15) is 0 Å². The van der Waals surface area contributed by atoms with Crippen LogP contribution in [0.1, 0.15) is 50.5 Å². The van der Waals surface area contributed by atoms with Crippen molar-refractivity contribution in [3.63, 3.8) is 0 Å². The molecule has 0 bridgehead atoms. The Hall–Kier alpha value is -0.340. The zero-order valence-corrected chi connectivity index (χ0v) is 12.9. The average Bonchev–Trinajstić information content (AvgIpc) is 2.42. The maximum Gasteiger partial charge on any atom is 0.0210 e. The standard InChI is InChI=1S/C16H24BrN/c1-2-18-12-15(13-8-4-3-5-9-13)14-10-6-7-11-16(14)17/h6-7,10-11,13,15,18H,2-5,8-9,12H2,1H3. The number of nitrogens with one attached hydrogen (secondary N) is 1. The Morgan fingerprint density at radius 2 is 1.94 bits per heavy atom. The SMILES string of the molecule is CCNCC(c1ccccc1Br)C1CCCCC1. The molecule has 1 nitrogen and oxygen atoms in total. The van der Waals surface area contributed by atoms with Crippen molar-refractivity contribution in [1.82, 2.24) is 5.32 Å². The van der Waals surface area contributed by atoms with E-state index in [1.165, 1.54) is 42.1 Å². The van der Waals surface area contributed by atoms with E-state index in [0.717, 1.165) is 19.0 Å². The highest BCUT2D eigenvalue weighted by Gasteiger charge is 2.25. The van der Waals surface area contributed by atoms with Gasteiger partial charge in [0.25, 0.3) is 0 Å². The van der Waals surface area contributed by atoms with Crippen molar-refractivity contribution in [2.45, 2.75) is 44.9 Å². The van der Waals surface area contributed by atoms with Crippen LogP contribution >= 0.6 is 15.9 Å². The molecule has 18 heavy (non-hydrogen) atoms. The smallest absolute Gasteiger partial charge is 0.0210 e. The van der Waals surface area contributed by atoms with E-state index in [1.54, 1.807) is 0 Å². The van der Waals surface area contributed by atoms with Gasteiger partial charge in [-0.25, -0.2) is 0 Å². The number of hydrogen-bond donors (Lipinski definition) is 1. The van der Waals surface area contributed by atoms with Crippen molar-refractivity contribution in [2.24, 2.45) is 5.92 Å². The van der Waals surface area contributed by atoms with Crippen molar-refractivity contribution in [1.29, 1.82) is 0 Å². The van der Waals surface area contributed by atoms with Crippen molar-refractivity contribution in [3.8, 4) is 0 Å². The summed E-state index contributed by atoms with van der Waals surface area (Å²) >= 11 is 3.73. The maximum atomic E-state index is 3.73. The number of halogens is 1. The summed E-state index contributed by atoms with van der Waals surface area (Å²) in [5.41, 5.74) is 1.49. The molecule has 0 spiro atoms. The molecule has 0 heterocycles. The second kappa shape index (κ2) is 7.30. The first-order valence-electron chi connectivity index (χ1n) is 7.28. The van der Waals surface area contributed by atoms with Crippen molar-refractivity contribution >= 4 is 15.9 Å². The van der Waals surface area contributed by atoms with Crippen molar-refractivity contribution < 1.29 is 0 Å². The first-order valence-corrected chi connectivity index (χ1v) is 8.07. The van der Waals surface area contributed by atoms with Gasteiger partial charge in [-0.15, -0.1) is 0 Å². The van der Waals surface area contributed by atoms with Gasteiger partial charge in [0.1, 0.15) is 0 Å². The zero-order chi connectivity index (χ0) is 12.8. The lowest BCUT2D eigenvalue weighted by atomic mass is 9.77. The van der Waals surface area contributed by atoms with Crippen molar-refractivity contribution in [3.05, 3.63) is 34.3 Å². The van der Waals surface area contributed by atoms with Gasteiger partial charge in [-0.05, 0) is 36.9 Å². The van der Waals surface area contributed by atoms with Gasteiger partial charge in [0.15, 0.2) is 0 Å². The molecular formula is C16H24BrN. The summed E-state index contributed by atoms with van der Waals surface area (Å²) in [6.45, 7) is 4.37. The summed E-state index contributed by atoms with van der Waals surface area (Å²) in [5, 5.41) is 3.55. The fourth-order valence-electron chi connectivity index (χ4n) is 3.14. The minimum absolute atomic E-state index is 0.667. The fraction of sp³-hybridized carbons (Fsp3) is 0.625. The van der Waals surface area contributed by atoms with Crippen LogP contribution in [0.4, 0.5) is 0 Å². The van der Waals surface area contributed by atoms with Gasteiger partial charge in [0.2, 0.25) is 0 Å². The van der Waals surface area contributed by atoms with E-state index in [9.17, 15) is 0 Å². The summed E-state index contributed by atoms with van der Waals surface area (Å²) < 4.78 is 1.28. The summed E-state index contributed by atoms with van der Waals surface area (Å²) in [6, 6.07) is 8.75. The molecule has 1 aromatic carbocycles. The zero-order valence-electron chi connectivity index (χ0n) is 11.3. The van der Waals surface area contributed by atoms with Crippen LogP contribution in [0.5, 0.6) is 0 Å². The monoisotopic (exact) mass is 309 g/mol. The maximum absolute atomic E-state index is 3.73. The largest absolute Gasteiger partial charge is 0.316 e. The minimum Gasteiger partial charge on any atom is -0.316 e. The predicted molar refractivity (Wildman–Crippen MR) is 82.0 cm³/mol. The van der Waals surface area contributed by atoms with Crippen LogP contribution in [-0.2, 0) is 0 Å². The second-order valence-electron chi connectivity index (χ2n) is 5.33. The molecule has 0 aliphatic heterocycles. The molecule has 0 radical (unpaired) electrons. The quantitative estimate of drug-likeness (QED) is 0.829. The highest BCUT2D eigenvalue weighted by Crippen LogP contribution is 2.38. The molecule has 1 aliphatic carbocycles. The van der Waals surface area contributed by atoms with Crippen LogP contribution in [0.3, 0.4) is 0 Å². The molecule has 1 saturated carbocycles. The molecule has 1 N–H and O–H groups in total. The van der Waals surface area contributed by atoms with Crippen molar-refractivity contribution in [2.75, 3.05) is 13.1 Å². The Kier molecular flexibility index (Phi) is 5.71.